The number of ether oxygens (including phenoxy) is 1. The molecule has 1 rings (SSSR count). The molecule has 0 bridgehead atoms. The Kier molecular flexibility index (Phi) is 3.62. The summed E-state index contributed by atoms with van der Waals surface area (Å²) in [7, 11) is 0. The molecule has 2 atom stereocenters. The Morgan fingerprint density at radius 2 is 1.67 bits per heavy atom. The van der Waals surface area contributed by atoms with Crippen molar-refractivity contribution in [1.29, 1.82) is 0 Å². The van der Waals surface area contributed by atoms with Gasteiger partial charge >= 0.3 is 18.3 Å². The molecule has 0 aromatic carbocycles. The van der Waals surface area contributed by atoms with E-state index in [1.165, 1.54) is 6.92 Å². The van der Waals surface area contributed by atoms with E-state index in [-0.39, 0.29) is 12.3 Å². The molecule has 0 heterocycles. The molecule has 0 aromatic rings. The molecule has 0 aromatic heterocycles. The van der Waals surface area contributed by atoms with Gasteiger partial charge in [-0.1, -0.05) is 6.92 Å². The van der Waals surface area contributed by atoms with Gasteiger partial charge in [-0.25, -0.2) is 0 Å². The number of carbonyl (C=O) groups excluding carboxylic acids is 1. The van der Waals surface area contributed by atoms with Gasteiger partial charge < -0.3 is 4.74 Å². The maximum atomic E-state index is 12.2. The van der Waals surface area contributed by atoms with E-state index in [4.69, 9.17) is 0 Å². The maximum Gasteiger partial charge on any atom is 0.434 e. The van der Waals surface area contributed by atoms with Crippen LogP contribution >= 0.6 is 0 Å². The first-order chi connectivity index (χ1) is 7.89. The zero-order valence-electron chi connectivity index (χ0n) is 9.65. The fraction of sp³-hybridized carbons (Fsp3) is 0.900. The molecule has 2 unspecified atom stereocenters. The minimum Gasteiger partial charge on any atom is -0.442 e. The average molecular weight is 278 g/mol. The third-order valence-corrected chi connectivity index (χ3v) is 3.47. The van der Waals surface area contributed by atoms with Crippen LogP contribution in [0.3, 0.4) is 0 Å². The van der Waals surface area contributed by atoms with Gasteiger partial charge in [-0.05, 0) is 25.7 Å². The SMILES string of the molecule is CC1CCC1(C)C(=O)OC(C(F)(F)F)C(F)(F)F. The standard InChI is InChI=1S/C10H12F6O2/c1-5-3-4-8(5,2)7(17)18-6(9(11,12)13)10(14,15)16/h5-6H,3-4H2,1-2H3. The fourth-order valence-electron chi connectivity index (χ4n) is 1.73. The van der Waals surface area contributed by atoms with Crippen molar-refractivity contribution in [1.82, 2.24) is 0 Å². The van der Waals surface area contributed by atoms with Gasteiger partial charge in [0, 0.05) is 0 Å². The summed E-state index contributed by atoms with van der Waals surface area (Å²) in [5.74, 6) is -1.73. The average Bonchev–Trinajstić information content (AvgIpc) is 2.18. The molecule has 0 amide bonds. The highest BCUT2D eigenvalue weighted by molar-refractivity contribution is 5.78. The largest absolute Gasteiger partial charge is 0.442 e. The molecule has 1 aliphatic carbocycles. The van der Waals surface area contributed by atoms with Gasteiger partial charge in [0.1, 0.15) is 0 Å². The van der Waals surface area contributed by atoms with Crippen LogP contribution in [-0.2, 0) is 9.53 Å². The molecule has 0 spiro atoms. The van der Waals surface area contributed by atoms with E-state index in [9.17, 15) is 31.1 Å². The van der Waals surface area contributed by atoms with Crippen LogP contribution in [0.15, 0.2) is 0 Å². The Morgan fingerprint density at radius 3 is 1.89 bits per heavy atom. The lowest BCUT2D eigenvalue weighted by molar-refractivity contribution is -0.317. The van der Waals surface area contributed by atoms with Crippen molar-refractivity contribution < 1.29 is 35.9 Å². The fourth-order valence-corrected chi connectivity index (χ4v) is 1.73. The first kappa shape index (κ1) is 15.1. The number of carbonyl (C=O) groups is 1. The molecule has 8 heteroatoms. The number of esters is 1. The van der Waals surface area contributed by atoms with Crippen molar-refractivity contribution in [3.8, 4) is 0 Å². The summed E-state index contributed by atoms with van der Waals surface area (Å²) < 4.78 is 76.8. The predicted octanol–water partition coefficient (Wildman–Crippen LogP) is 3.46. The molecule has 0 aliphatic heterocycles. The van der Waals surface area contributed by atoms with Crippen molar-refractivity contribution in [3.63, 3.8) is 0 Å². The third kappa shape index (κ3) is 2.72. The zero-order valence-corrected chi connectivity index (χ0v) is 9.65. The lowest BCUT2D eigenvalue weighted by atomic mass is 9.62. The van der Waals surface area contributed by atoms with E-state index in [2.05, 4.69) is 4.74 Å². The lowest BCUT2D eigenvalue weighted by Gasteiger charge is -2.43. The third-order valence-electron chi connectivity index (χ3n) is 3.47. The second-order valence-corrected chi connectivity index (χ2v) is 4.73. The first-order valence-corrected chi connectivity index (χ1v) is 5.23. The Labute approximate surface area is 99.3 Å². The summed E-state index contributed by atoms with van der Waals surface area (Å²) in [5.41, 5.74) is -1.26. The van der Waals surface area contributed by atoms with E-state index in [0.29, 0.717) is 6.42 Å². The first-order valence-electron chi connectivity index (χ1n) is 5.23. The summed E-state index contributed by atoms with van der Waals surface area (Å²) in [5, 5.41) is 0. The predicted molar refractivity (Wildman–Crippen MR) is 48.5 cm³/mol. The highest BCUT2D eigenvalue weighted by Gasteiger charge is 2.61. The maximum absolute atomic E-state index is 12.2. The van der Waals surface area contributed by atoms with Crippen LogP contribution in [0.1, 0.15) is 26.7 Å². The summed E-state index contributed by atoms with van der Waals surface area (Å²) in [4.78, 5) is 11.4. The number of rotatable bonds is 2. The minimum absolute atomic E-state index is 0.232. The summed E-state index contributed by atoms with van der Waals surface area (Å²) in [6.45, 7) is 2.90. The monoisotopic (exact) mass is 278 g/mol. The van der Waals surface area contributed by atoms with Gasteiger partial charge in [0.2, 0.25) is 0 Å². The van der Waals surface area contributed by atoms with E-state index in [0.717, 1.165) is 0 Å². The molecule has 1 saturated carbocycles. The van der Waals surface area contributed by atoms with Gasteiger partial charge in [0.15, 0.2) is 0 Å². The molecule has 18 heavy (non-hydrogen) atoms. The Balaban J connectivity index is 2.83. The second kappa shape index (κ2) is 4.31. The highest BCUT2D eigenvalue weighted by Crippen LogP contribution is 2.48. The van der Waals surface area contributed by atoms with Gasteiger partial charge in [0.25, 0.3) is 6.10 Å². The normalized spacial score (nSPS) is 29.1. The molecule has 106 valence electrons. The van der Waals surface area contributed by atoms with Crippen molar-refractivity contribution in [2.45, 2.75) is 45.1 Å². The molecule has 0 saturated heterocycles. The Bertz CT molecular complexity index is 320. The summed E-state index contributed by atoms with van der Waals surface area (Å²) >= 11 is 0. The molecule has 2 nitrogen and oxygen atoms in total. The topological polar surface area (TPSA) is 26.3 Å². The molecule has 1 aliphatic rings. The zero-order chi connectivity index (χ0) is 14.4. The molecular weight excluding hydrogens is 266 g/mol. The van der Waals surface area contributed by atoms with Gasteiger partial charge in [-0.3, -0.25) is 4.79 Å². The van der Waals surface area contributed by atoms with Crippen LogP contribution in [-0.4, -0.2) is 24.4 Å². The lowest BCUT2D eigenvalue weighted by Crippen LogP contribution is -2.51. The second-order valence-electron chi connectivity index (χ2n) is 4.73. The Morgan fingerprint density at radius 1 is 1.22 bits per heavy atom. The van der Waals surface area contributed by atoms with Gasteiger partial charge in [-0.2, -0.15) is 26.3 Å². The molecular formula is C10H12F6O2. The number of alkyl halides is 6. The van der Waals surface area contributed by atoms with Gasteiger partial charge in [0.05, 0.1) is 5.41 Å². The number of hydrogen-bond donors (Lipinski definition) is 0. The minimum atomic E-state index is -5.66. The number of hydrogen-bond acceptors (Lipinski definition) is 2. The van der Waals surface area contributed by atoms with Crippen LogP contribution in [0.25, 0.3) is 0 Å². The smallest absolute Gasteiger partial charge is 0.434 e. The van der Waals surface area contributed by atoms with Crippen LogP contribution < -0.4 is 0 Å². The van der Waals surface area contributed by atoms with Crippen molar-refractivity contribution in [2.24, 2.45) is 11.3 Å². The summed E-state index contributed by atoms with van der Waals surface area (Å²) in [6.07, 6.45) is -14.6. The van der Waals surface area contributed by atoms with Gasteiger partial charge in [-0.15, -0.1) is 0 Å². The van der Waals surface area contributed by atoms with Crippen LogP contribution in [0.5, 0.6) is 0 Å². The van der Waals surface area contributed by atoms with E-state index in [1.807, 2.05) is 0 Å². The van der Waals surface area contributed by atoms with Crippen LogP contribution in [0.2, 0.25) is 0 Å². The molecule has 1 fully saturated rings. The van der Waals surface area contributed by atoms with Crippen LogP contribution in [0.4, 0.5) is 26.3 Å². The molecule has 0 radical (unpaired) electrons. The quantitative estimate of drug-likeness (QED) is 0.571. The molecule has 0 N–H and O–H groups in total. The summed E-state index contributed by atoms with van der Waals surface area (Å²) in [6, 6.07) is 0. The van der Waals surface area contributed by atoms with E-state index >= 15 is 0 Å². The Hall–Kier alpha value is -0.950. The van der Waals surface area contributed by atoms with E-state index in [1.54, 1.807) is 6.92 Å². The van der Waals surface area contributed by atoms with Crippen molar-refractivity contribution in [2.75, 3.05) is 0 Å². The van der Waals surface area contributed by atoms with Crippen molar-refractivity contribution in [3.05, 3.63) is 0 Å². The van der Waals surface area contributed by atoms with Crippen LogP contribution in [0, 0.1) is 11.3 Å². The number of halogens is 6. The highest BCUT2D eigenvalue weighted by atomic mass is 19.4. The van der Waals surface area contributed by atoms with E-state index < -0.39 is 29.8 Å². The van der Waals surface area contributed by atoms with Crippen molar-refractivity contribution >= 4 is 5.97 Å².